The van der Waals surface area contributed by atoms with Crippen LogP contribution in [0.1, 0.15) is 6.42 Å². The fourth-order valence-electron chi connectivity index (χ4n) is 1.47. The highest BCUT2D eigenvalue weighted by molar-refractivity contribution is 5.96. The van der Waals surface area contributed by atoms with Crippen LogP contribution in [0.5, 0.6) is 0 Å². The minimum atomic E-state index is -0.266. The Morgan fingerprint density at radius 1 is 1.60 bits per heavy atom. The van der Waals surface area contributed by atoms with E-state index >= 15 is 0 Å². The lowest BCUT2D eigenvalue weighted by Crippen LogP contribution is -2.24. The first-order valence-corrected chi connectivity index (χ1v) is 4.73. The normalized spacial score (nSPS) is 19.7. The fourth-order valence-corrected chi connectivity index (χ4v) is 1.47. The predicted molar refractivity (Wildman–Crippen MR) is 54.0 cm³/mol. The number of hydrogen-bond donors (Lipinski definition) is 2. The molecule has 1 aromatic heterocycles. The number of anilines is 1. The van der Waals surface area contributed by atoms with E-state index in [4.69, 9.17) is 0 Å². The standard InChI is InChI=1S/C10H11N3O2/c14-9-4-7(5-12-9)10(15)13-8-2-1-3-11-6-8/h1-3,6-7H,4-5H2,(H,12,14)(H,13,15). The summed E-state index contributed by atoms with van der Waals surface area (Å²) in [6.45, 7) is 0.422. The van der Waals surface area contributed by atoms with E-state index in [0.717, 1.165) is 0 Å². The van der Waals surface area contributed by atoms with E-state index in [9.17, 15) is 9.59 Å². The molecule has 5 heteroatoms. The minimum absolute atomic E-state index is 0.0682. The van der Waals surface area contributed by atoms with Crippen molar-refractivity contribution in [2.45, 2.75) is 6.42 Å². The number of hydrogen-bond acceptors (Lipinski definition) is 3. The molecule has 1 saturated heterocycles. The highest BCUT2D eigenvalue weighted by atomic mass is 16.2. The SMILES string of the molecule is O=C1CC(C(=O)Nc2cccnc2)CN1. The summed E-state index contributed by atoms with van der Waals surface area (Å²) < 4.78 is 0. The number of rotatable bonds is 2. The van der Waals surface area contributed by atoms with Crippen LogP contribution >= 0.6 is 0 Å². The molecule has 0 aromatic carbocycles. The molecular formula is C10H11N3O2. The summed E-state index contributed by atoms with van der Waals surface area (Å²) in [6.07, 6.45) is 3.48. The molecule has 2 amide bonds. The summed E-state index contributed by atoms with van der Waals surface area (Å²) in [4.78, 5) is 26.4. The molecule has 1 aromatic rings. The van der Waals surface area contributed by atoms with Crippen LogP contribution in [0.25, 0.3) is 0 Å². The van der Waals surface area contributed by atoms with Gasteiger partial charge in [0.1, 0.15) is 0 Å². The smallest absolute Gasteiger partial charge is 0.229 e. The summed E-state index contributed by atoms with van der Waals surface area (Å²) in [6, 6.07) is 3.50. The summed E-state index contributed by atoms with van der Waals surface area (Å²) in [5, 5.41) is 5.33. The van der Waals surface area contributed by atoms with Gasteiger partial charge < -0.3 is 10.6 Å². The molecule has 1 aliphatic rings. The van der Waals surface area contributed by atoms with E-state index in [1.165, 1.54) is 0 Å². The van der Waals surface area contributed by atoms with E-state index in [1.807, 2.05) is 0 Å². The van der Waals surface area contributed by atoms with Crippen molar-refractivity contribution in [1.29, 1.82) is 0 Å². The van der Waals surface area contributed by atoms with Gasteiger partial charge in [0.15, 0.2) is 0 Å². The third kappa shape index (κ3) is 2.31. The molecule has 2 N–H and O–H groups in total. The molecule has 5 nitrogen and oxygen atoms in total. The molecule has 1 fully saturated rings. The first-order valence-electron chi connectivity index (χ1n) is 4.73. The fraction of sp³-hybridized carbons (Fsp3) is 0.300. The second kappa shape index (κ2) is 4.08. The van der Waals surface area contributed by atoms with E-state index in [0.29, 0.717) is 12.2 Å². The van der Waals surface area contributed by atoms with Gasteiger partial charge in [-0.2, -0.15) is 0 Å². The molecule has 0 radical (unpaired) electrons. The van der Waals surface area contributed by atoms with Crippen molar-refractivity contribution in [2.75, 3.05) is 11.9 Å². The highest BCUT2D eigenvalue weighted by Crippen LogP contribution is 2.12. The van der Waals surface area contributed by atoms with Crippen molar-refractivity contribution < 1.29 is 9.59 Å². The van der Waals surface area contributed by atoms with Crippen LogP contribution in [0.2, 0.25) is 0 Å². The van der Waals surface area contributed by atoms with Crippen molar-refractivity contribution in [3.05, 3.63) is 24.5 Å². The lowest BCUT2D eigenvalue weighted by molar-refractivity contribution is -0.123. The third-order valence-corrected chi connectivity index (χ3v) is 2.28. The first-order chi connectivity index (χ1) is 7.25. The molecule has 78 valence electrons. The van der Waals surface area contributed by atoms with Crippen LogP contribution in [0.3, 0.4) is 0 Å². The molecule has 2 heterocycles. The second-order valence-corrected chi connectivity index (χ2v) is 3.44. The summed E-state index contributed by atoms with van der Waals surface area (Å²) in [5.41, 5.74) is 0.654. The van der Waals surface area contributed by atoms with Gasteiger partial charge in [0.25, 0.3) is 0 Å². The lowest BCUT2D eigenvalue weighted by atomic mass is 10.1. The van der Waals surface area contributed by atoms with Gasteiger partial charge in [-0.1, -0.05) is 0 Å². The van der Waals surface area contributed by atoms with Crippen molar-refractivity contribution in [3.63, 3.8) is 0 Å². The Labute approximate surface area is 86.9 Å². The molecule has 15 heavy (non-hydrogen) atoms. The Kier molecular flexibility index (Phi) is 2.62. The monoisotopic (exact) mass is 205 g/mol. The van der Waals surface area contributed by atoms with Crippen LogP contribution in [0.15, 0.2) is 24.5 Å². The maximum atomic E-state index is 11.6. The van der Waals surface area contributed by atoms with Gasteiger partial charge in [-0.05, 0) is 12.1 Å². The Bertz CT molecular complexity index is 378. The Balaban J connectivity index is 1.96. The second-order valence-electron chi connectivity index (χ2n) is 3.44. The molecule has 0 spiro atoms. The Morgan fingerprint density at radius 2 is 2.47 bits per heavy atom. The number of carbonyl (C=O) groups excluding carboxylic acids is 2. The minimum Gasteiger partial charge on any atom is -0.355 e. The van der Waals surface area contributed by atoms with Crippen LogP contribution < -0.4 is 10.6 Å². The van der Waals surface area contributed by atoms with Crippen LogP contribution in [0.4, 0.5) is 5.69 Å². The summed E-state index contributed by atoms with van der Waals surface area (Å²) >= 11 is 0. The molecule has 0 aliphatic carbocycles. The molecule has 0 saturated carbocycles. The number of nitrogens with one attached hydrogen (secondary N) is 2. The molecule has 0 bridgehead atoms. The highest BCUT2D eigenvalue weighted by Gasteiger charge is 2.27. The average molecular weight is 205 g/mol. The molecule has 1 aliphatic heterocycles. The summed E-state index contributed by atoms with van der Waals surface area (Å²) in [7, 11) is 0. The van der Waals surface area contributed by atoms with Crippen molar-refractivity contribution in [3.8, 4) is 0 Å². The van der Waals surface area contributed by atoms with Crippen molar-refractivity contribution >= 4 is 17.5 Å². The number of pyridine rings is 1. The van der Waals surface area contributed by atoms with Crippen LogP contribution in [-0.4, -0.2) is 23.3 Å². The van der Waals surface area contributed by atoms with E-state index in [1.54, 1.807) is 24.5 Å². The number of carbonyl (C=O) groups is 2. The van der Waals surface area contributed by atoms with E-state index in [-0.39, 0.29) is 24.2 Å². The van der Waals surface area contributed by atoms with Crippen LogP contribution in [-0.2, 0) is 9.59 Å². The Hall–Kier alpha value is -1.91. The third-order valence-electron chi connectivity index (χ3n) is 2.28. The number of amides is 2. The van der Waals surface area contributed by atoms with Crippen LogP contribution in [0, 0.1) is 5.92 Å². The molecule has 1 unspecified atom stereocenters. The van der Waals surface area contributed by atoms with Gasteiger partial charge in [0.05, 0.1) is 17.8 Å². The zero-order chi connectivity index (χ0) is 10.7. The largest absolute Gasteiger partial charge is 0.355 e. The molecule has 2 rings (SSSR count). The van der Waals surface area contributed by atoms with Gasteiger partial charge in [-0.3, -0.25) is 14.6 Å². The Morgan fingerprint density at radius 3 is 3.07 bits per heavy atom. The zero-order valence-corrected chi connectivity index (χ0v) is 8.06. The van der Waals surface area contributed by atoms with E-state index in [2.05, 4.69) is 15.6 Å². The van der Waals surface area contributed by atoms with Gasteiger partial charge >= 0.3 is 0 Å². The van der Waals surface area contributed by atoms with Gasteiger partial charge in [-0.25, -0.2) is 0 Å². The quantitative estimate of drug-likeness (QED) is 0.722. The number of aromatic nitrogens is 1. The molecule has 1 atom stereocenters. The first kappa shape index (κ1) is 9.64. The zero-order valence-electron chi connectivity index (χ0n) is 8.06. The van der Waals surface area contributed by atoms with Gasteiger partial charge in [0.2, 0.25) is 11.8 Å². The predicted octanol–water partition coefficient (Wildman–Crippen LogP) is 0.156. The van der Waals surface area contributed by atoms with Gasteiger partial charge in [-0.15, -0.1) is 0 Å². The maximum Gasteiger partial charge on any atom is 0.229 e. The molecular weight excluding hydrogens is 194 g/mol. The topological polar surface area (TPSA) is 71.1 Å². The average Bonchev–Trinajstić information content (AvgIpc) is 2.66. The van der Waals surface area contributed by atoms with E-state index < -0.39 is 0 Å². The van der Waals surface area contributed by atoms with Crippen molar-refractivity contribution in [2.24, 2.45) is 5.92 Å². The maximum absolute atomic E-state index is 11.6. The van der Waals surface area contributed by atoms with Gasteiger partial charge in [0, 0.05) is 19.2 Å². The van der Waals surface area contributed by atoms with Crippen molar-refractivity contribution in [1.82, 2.24) is 10.3 Å². The lowest BCUT2D eigenvalue weighted by Gasteiger charge is -2.07. The number of nitrogens with zero attached hydrogens (tertiary/aromatic N) is 1. The summed E-state index contributed by atoms with van der Waals surface area (Å²) in [5.74, 6) is -0.472.